The van der Waals surface area contributed by atoms with Crippen molar-refractivity contribution >= 4 is 25.8 Å². The van der Waals surface area contributed by atoms with Crippen LogP contribution in [-0.4, -0.2) is 20.7 Å². The van der Waals surface area contributed by atoms with E-state index in [2.05, 4.69) is 15.9 Å². The van der Waals surface area contributed by atoms with E-state index in [-0.39, 0.29) is 5.75 Å². The summed E-state index contributed by atoms with van der Waals surface area (Å²) in [6, 6.07) is 6.81. The van der Waals surface area contributed by atoms with Crippen molar-refractivity contribution in [2.45, 2.75) is 24.2 Å². The normalized spacial score (nSPS) is 11.6. The number of benzene rings is 1. The minimum atomic E-state index is -3.13. The lowest BCUT2D eigenvalue weighted by Gasteiger charge is -2.04. The van der Waals surface area contributed by atoms with Crippen molar-refractivity contribution in [2.75, 3.05) is 12.3 Å². The lowest BCUT2D eigenvalue weighted by atomic mass is 10.2. The van der Waals surface area contributed by atoms with Crippen LogP contribution in [0.25, 0.3) is 0 Å². The van der Waals surface area contributed by atoms with Gasteiger partial charge in [-0.1, -0.05) is 28.4 Å². The minimum Gasteiger partial charge on any atom is -0.330 e. The van der Waals surface area contributed by atoms with Crippen LogP contribution in [0.2, 0.25) is 0 Å². The summed E-state index contributed by atoms with van der Waals surface area (Å²) in [6.45, 7) is 0.622. The number of sulfone groups is 1. The van der Waals surface area contributed by atoms with Crippen molar-refractivity contribution in [3.63, 3.8) is 0 Å². The average Bonchev–Trinajstić information content (AvgIpc) is 2.24. The summed E-state index contributed by atoms with van der Waals surface area (Å²) < 4.78 is 24.6. The predicted molar refractivity (Wildman–Crippen MR) is 69.1 cm³/mol. The van der Waals surface area contributed by atoms with Gasteiger partial charge in [0.05, 0.1) is 10.6 Å². The predicted octanol–water partition coefficient (Wildman–Crippen LogP) is 2.35. The van der Waals surface area contributed by atoms with Crippen LogP contribution >= 0.6 is 15.9 Å². The van der Waals surface area contributed by atoms with Gasteiger partial charge >= 0.3 is 0 Å². The van der Waals surface area contributed by atoms with Gasteiger partial charge in [-0.15, -0.1) is 0 Å². The number of hydrogen-bond acceptors (Lipinski definition) is 3. The lowest BCUT2D eigenvalue weighted by Crippen LogP contribution is -2.07. The molecule has 1 aromatic rings. The minimum absolute atomic E-state index is 0.198. The summed E-state index contributed by atoms with van der Waals surface area (Å²) in [6.07, 6.45) is 2.42. The molecule has 0 aliphatic carbocycles. The topological polar surface area (TPSA) is 60.2 Å². The van der Waals surface area contributed by atoms with Crippen LogP contribution in [-0.2, 0) is 9.84 Å². The van der Waals surface area contributed by atoms with Gasteiger partial charge in [0.1, 0.15) is 0 Å². The van der Waals surface area contributed by atoms with Crippen LogP contribution in [0.15, 0.2) is 33.6 Å². The first-order chi connectivity index (χ1) is 7.56. The van der Waals surface area contributed by atoms with Gasteiger partial charge in [0, 0.05) is 4.47 Å². The third-order valence-electron chi connectivity index (χ3n) is 2.27. The van der Waals surface area contributed by atoms with E-state index < -0.39 is 9.84 Å². The van der Waals surface area contributed by atoms with Crippen LogP contribution in [0.1, 0.15) is 19.3 Å². The molecule has 0 unspecified atom stereocenters. The SMILES string of the molecule is NCCCCCS(=O)(=O)c1cccc(Br)c1. The molecule has 0 radical (unpaired) electrons. The molecule has 5 heteroatoms. The van der Waals surface area contributed by atoms with E-state index >= 15 is 0 Å². The van der Waals surface area contributed by atoms with Gasteiger partial charge in [0.15, 0.2) is 9.84 Å². The van der Waals surface area contributed by atoms with E-state index in [0.717, 1.165) is 17.3 Å². The van der Waals surface area contributed by atoms with Gasteiger partial charge in [0.25, 0.3) is 0 Å². The molecule has 0 aliphatic rings. The number of rotatable bonds is 6. The Morgan fingerprint density at radius 2 is 1.94 bits per heavy atom. The summed E-state index contributed by atoms with van der Waals surface area (Å²) in [5.41, 5.74) is 5.35. The fourth-order valence-electron chi connectivity index (χ4n) is 1.39. The monoisotopic (exact) mass is 305 g/mol. The van der Waals surface area contributed by atoms with E-state index in [1.807, 2.05) is 6.07 Å². The van der Waals surface area contributed by atoms with E-state index in [1.165, 1.54) is 0 Å². The fourth-order valence-corrected chi connectivity index (χ4v) is 3.35. The summed E-state index contributed by atoms with van der Waals surface area (Å²) in [5, 5.41) is 0. The quantitative estimate of drug-likeness (QED) is 0.821. The first-order valence-electron chi connectivity index (χ1n) is 5.24. The highest BCUT2D eigenvalue weighted by atomic mass is 79.9. The number of halogens is 1. The third-order valence-corrected chi connectivity index (χ3v) is 4.56. The van der Waals surface area contributed by atoms with Gasteiger partial charge in [-0.3, -0.25) is 0 Å². The van der Waals surface area contributed by atoms with Gasteiger partial charge in [-0.25, -0.2) is 8.42 Å². The molecule has 0 aromatic heterocycles. The second kappa shape index (κ2) is 6.37. The second-order valence-corrected chi connectivity index (χ2v) is 6.65. The maximum atomic E-state index is 11.9. The van der Waals surface area contributed by atoms with E-state index in [9.17, 15) is 8.42 Å². The molecular weight excluding hydrogens is 290 g/mol. The average molecular weight is 306 g/mol. The number of nitrogens with two attached hydrogens (primary N) is 1. The van der Waals surface area contributed by atoms with Crippen molar-refractivity contribution in [1.82, 2.24) is 0 Å². The molecule has 0 saturated heterocycles. The molecule has 0 fully saturated rings. The zero-order chi connectivity index (χ0) is 12.0. The van der Waals surface area contributed by atoms with E-state index in [1.54, 1.807) is 18.2 Å². The Kier molecular flexibility index (Phi) is 5.44. The summed E-state index contributed by atoms with van der Waals surface area (Å²) in [5.74, 6) is 0.198. The molecule has 0 saturated carbocycles. The largest absolute Gasteiger partial charge is 0.330 e. The maximum Gasteiger partial charge on any atom is 0.178 e. The Bertz CT molecular complexity index is 431. The molecular formula is C11H16BrNO2S. The molecule has 2 N–H and O–H groups in total. The molecule has 90 valence electrons. The lowest BCUT2D eigenvalue weighted by molar-refractivity contribution is 0.590. The number of unbranched alkanes of at least 4 members (excludes halogenated alkanes) is 2. The highest BCUT2D eigenvalue weighted by Gasteiger charge is 2.13. The standard InChI is InChI=1S/C11H16BrNO2S/c12-10-5-4-6-11(9-10)16(14,15)8-3-1-2-7-13/h4-6,9H,1-3,7-8,13H2. The molecule has 0 spiro atoms. The molecule has 1 aromatic carbocycles. The fraction of sp³-hybridized carbons (Fsp3) is 0.455. The van der Waals surface area contributed by atoms with Crippen LogP contribution in [0.4, 0.5) is 0 Å². The highest BCUT2D eigenvalue weighted by molar-refractivity contribution is 9.10. The van der Waals surface area contributed by atoms with Crippen molar-refractivity contribution in [1.29, 1.82) is 0 Å². The first-order valence-corrected chi connectivity index (χ1v) is 7.69. The van der Waals surface area contributed by atoms with Crippen molar-refractivity contribution in [3.8, 4) is 0 Å². The Morgan fingerprint density at radius 1 is 1.19 bits per heavy atom. The van der Waals surface area contributed by atoms with Crippen molar-refractivity contribution in [2.24, 2.45) is 5.73 Å². The van der Waals surface area contributed by atoms with Gasteiger partial charge in [0.2, 0.25) is 0 Å². The Balaban J connectivity index is 2.64. The van der Waals surface area contributed by atoms with Crippen molar-refractivity contribution in [3.05, 3.63) is 28.7 Å². The van der Waals surface area contributed by atoms with Gasteiger partial charge in [-0.2, -0.15) is 0 Å². The molecule has 0 amide bonds. The Morgan fingerprint density at radius 3 is 2.56 bits per heavy atom. The molecule has 0 heterocycles. The third kappa shape index (κ3) is 4.23. The molecule has 0 bridgehead atoms. The number of hydrogen-bond donors (Lipinski definition) is 1. The summed E-state index contributed by atoms with van der Waals surface area (Å²) in [4.78, 5) is 0.384. The van der Waals surface area contributed by atoms with E-state index in [4.69, 9.17) is 5.73 Å². The zero-order valence-corrected chi connectivity index (χ0v) is 11.4. The van der Waals surface area contributed by atoms with Crippen LogP contribution in [0, 0.1) is 0 Å². The second-order valence-electron chi connectivity index (χ2n) is 3.63. The molecule has 1 rings (SSSR count). The van der Waals surface area contributed by atoms with Gasteiger partial charge < -0.3 is 5.73 Å². The summed E-state index contributed by atoms with van der Waals surface area (Å²) >= 11 is 3.27. The Labute approximate surface area is 105 Å². The summed E-state index contributed by atoms with van der Waals surface area (Å²) in [7, 11) is -3.13. The van der Waals surface area contributed by atoms with Crippen LogP contribution in [0.3, 0.4) is 0 Å². The molecule has 16 heavy (non-hydrogen) atoms. The Hall–Kier alpha value is -0.390. The zero-order valence-electron chi connectivity index (χ0n) is 9.02. The van der Waals surface area contributed by atoms with Crippen LogP contribution < -0.4 is 5.73 Å². The van der Waals surface area contributed by atoms with Crippen molar-refractivity contribution < 1.29 is 8.42 Å². The van der Waals surface area contributed by atoms with E-state index in [0.29, 0.717) is 17.9 Å². The molecule has 0 atom stereocenters. The molecule has 3 nitrogen and oxygen atoms in total. The molecule has 0 aliphatic heterocycles. The maximum absolute atomic E-state index is 11.9. The van der Waals surface area contributed by atoms with Crippen LogP contribution in [0.5, 0.6) is 0 Å². The smallest absolute Gasteiger partial charge is 0.178 e. The first kappa shape index (κ1) is 13.7. The van der Waals surface area contributed by atoms with Gasteiger partial charge in [-0.05, 0) is 37.6 Å². The highest BCUT2D eigenvalue weighted by Crippen LogP contribution is 2.18.